The molecular weight excluding hydrogens is 252 g/mol. The van der Waals surface area contributed by atoms with Gasteiger partial charge in [0, 0.05) is 11.8 Å². The summed E-state index contributed by atoms with van der Waals surface area (Å²) in [6.45, 7) is 2.28. The molecule has 0 atom stereocenters. The van der Waals surface area contributed by atoms with E-state index in [9.17, 15) is 5.11 Å². The Kier molecular flexibility index (Phi) is 3.63. The molecule has 1 aromatic carbocycles. The monoisotopic (exact) mass is 272 g/mol. The summed E-state index contributed by atoms with van der Waals surface area (Å²) in [6.07, 6.45) is 7.11. The van der Waals surface area contributed by atoms with Crippen LogP contribution in [0.2, 0.25) is 0 Å². The lowest BCUT2D eigenvalue weighted by molar-refractivity contribution is 0.294. The molecule has 106 valence electrons. The number of aromatic nitrogens is 2. The predicted molar refractivity (Wildman–Crippen MR) is 76.9 cm³/mol. The van der Waals surface area contributed by atoms with Crippen molar-refractivity contribution in [3.05, 3.63) is 41.7 Å². The van der Waals surface area contributed by atoms with Gasteiger partial charge in [-0.05, 0) is 38.0 Å². The van der Waals surface area contributed by atoms with Crippen LogP contribution in [0, 0.1) is 6.92 Å². The van der Waals surface area contributed by atoms with Gasteiger partial charge in [0.25, 0.3) is 0 Å². The van der Waals surface area contributed by atoms with E-state index in [1.54, 1.807) is 12.1 Å². The Balaban J connectivity index is 1.65. The van der Waals surface area contributed by atoms with E-state index in [4.69, 9.17) is 4.74 Å². The average molecular weight is 272 g/mol. The zero-order valence-electron chi connectivity index (χ0n) is 11.7. The molecule has 1 N–H and O–H groups in total. The van der Waals surface area contributed by atoms with Crippen molar-refractivity contribution in [2.45, 2.75) is 45.3 Å². The lowest BCUT2D eigenvalue weighted by Crippen LogP contribution is -2.06. The molecule has 1 heterocycles. The van der Waals surface area contributed by atoms with Crippen molar-refractivity contribution >= 4 is 0 Å². The van der Waals surface area contributed by atoms with Crippen LogP contribution in [0.3, 0.4) is 0 Å². The SMILES string of the molecule is Cc1c(O)cccc1OCc1ccn(C2CCCC2)n1. The molecule has 20 heavy (non-hydrogen) atoms. The summed E-state index contributed by atoms with van der Waals surface area (Å²) in [6, 6.07) is 7.89. The third-order valence-electron chi connectivity index (χ3n) is 3.99. The summed E-state index contributed by atoms with van der Waals surface area (Å²) in [5.41, 5.74) is 1.70. The van der Waals surface area contributed by atoms with E-state index in [-0.39, 0.29) is 5.75 Å². The summed E-state index contributed by atoms with van der Waals surface area (Å²) in [4.78, 5) is 0. The molecule has 1 aliphatic carbocycles. The highest BCUT2D eigenvalue weighted by Crippen LogP contribution is 2.29. The van der Waals surface area contributed by atoms with Crippen molar-refractivity contribution < 1.29 is 9.84 Å². The minimum Gasteiger partial charge on any atom is -0.508 e. The molecular formula is C16H20N2O2. The Morgan fingerprint density at radius 3 is 2.90 bits per heavy atom. The van der Waals surface area contributed by atoms with Gasteiger partial charge < -0.3 is 9.84 Å². The molecule has 0 bridgehead atoms. The second-order valence-electron chi connectivity index (χ2n) is 5.41. The molecule has 0 saturated heterocycles. The van der Waals surface area contributed by atoms with Gasteiger partial charge in [-0.1, -0.05) is 18.9 Å². The summed E-state index contributed by atoms with van der Waals surface area (Å²) >= 11 is 0. The summed E-state index contributed by atoms with van der Waals surface area (Å²) in [5, 5.41) is 14.2. The highest BCUT2D eigenvalue weighted by Gasteiger charge is 2.17. The van der Waals surface area contributed by atoms with Crippen LogP contribution >= 0.6 is 0 Å². The number of hydrogen-bond donors (Lipinski definition) is 1. The van der Waals surface area contributed by atoms with Gasteiger partial charge in [-0.25, -0.2) is 0 Å². The normalized spacial score (nSPS) is 15.7. The fourth-order valence-electron chi connectivity index (χ4n) is 2.74. The zero-order valence-corrected chi connectivity index (χ0v) is 11.7. The van der Waals surface area contributed by atoms with Crippen LogP contribution < -0.4 is 4.74 Å². The Bertz CT molecular complexity index is 586. The maximum atomic E-state index is 9.65. The van der Waals surface area contributed by atoms with E-state index in [2.05, 4.69) is 9.78 Å². The van der Waals surface area contributed by atoms with Gasteiger partial charge in [0.15, 0.2) is 0 Å². The fourth-order valence-corrected chi connectivity index (χ4v) is 2.74. The van der Waals surface area contributed by atoms with Gasteiger partial charge in [-0.15, -0.1) is 0 Å². The third-order valence-corrected chi connectivity index (χ3v) is 3.99. The largest absolute Gasteiger partial charge is 0.508 e. The standard InChI is InChI=1S/C16H20N2O2/c1-12-15(19)7-4-8-16(12)20-11-13-9-10-18(17-13)14-5-2-3-6-14/h4,7-10,14,19H,2-3,5-6,11H2,1H3. The minimum absolute atomic E-state index is 0.263. The smallest absolute Gasteiger partial charge is 0.132 e. The number of hydrogen-bond acceptors (Lipinski definition) is 3. The van der Waals surface area contributed by atoms with Gasteiger partial charge in [0.05, 0.1) is 11.7 Å². The molecule has 4 nitrogen and oxygen atoms in total. The van der Waals surface area contributed by atoms with Gasteiger partial charge in [-0.2, -0.15) is 5.10 Å². The van der Waals surface area contributed by atoms with Crippen LogP contribution in [0.25, 0.3) is 0 Å². The lowest BCUT2D eigenvalue weighted by atomic mass is 10.2. The quantitative estimate of drug-likeness (QED) is 0.925. The number of benzene rings is 1. The van der Waals surface area contributed by atoms with Crippen LogP contribution in [0.15, 0.2) is 30.5 Å². The molecule has 0 spiro atoms. The van der Waals surface area contributed by atoms with Crippen LogP contribution in [0.4, 0.5) is 0 Å². The van der Waals surface area contributed by atoms with Crippen molar-refractivity contribution in [3.8, 4) is 11.5 Å². The Morgan fingerprint density at radius 2 is 2.10 bits per heavy atom. The molecule has 3 rings (SSSR count). The zero-order chi connectivity index (χ0) is 13.9. The summed E-state index contributed by atoms with van der Waals surface area (Å²) in [5.74, 6) is 0.972. The van der Waals surface area contributed by atoms with Gasteiger partial charge >= 0.3 is 0 Å². The first-order valence-corrected chi connectivity index (χ1v) is 7.19. The molecule has 0 amide bonds. The highest BCUT2D eigenvalue weighted by atomic mass is 16.5. The second-order valence-corrected chi connectivity index (χ2v) is 5.41. The summed E-state index contributed by atoms with van der Waals surface area (Å²) < 4.78 is 7.81. The molecule has 1 fully saturated rings. The van der Waals surface area contributed by atoms with Crippen LogP contribution in [0.5, 0.6) is 11.5 Å². The Labute approximate surface area is 119 Å². The van der Waals surface area contributed by atoms with Gasteiger partial charge in [-0.3, -0.25) is 4.68 Å². The average Bonchev–Trinajstić information content (AvgIpc) is 3.10. The van der Waals surface area contributed by atoms with Crippen molar-refractivity contribution in [2.24, 2.45) is 0 Å². The molecule has 0 aliphatic heterocycles. The topological polar surface area (TPSA) is 47.3 Å². The van der Waals surface area contributed by atoms with Crippen molar-refractivity contribution in [1.29, 1.82) is 0 Å². The molecule has 1 aliphatic rings. The number of phenols is 1. The van der Waals surface area contributed by atoms with Crippen molar-refractivity contribution in [1.82, 2.24) is 9.78 Å². The van der Waals surface area contributed by atoms with E-state index in [1.807, 2.05) is 25.3 Å². The molecule has 0 radical (unpaired) electrons. The number of aromatic hydroxyl groups is 1. The maximum absolute atomic E-state index is 9.65. The summed E-state index contributed by atoms with van der Waals surface area (Å²) in [7, 11) is 0. The first-order valence-electron chi connectivity index (χ1n) is 7.19. The van der Waals surface area contributed by atoms with Crippen LogP contribution in [-0.2, 0) is 6.61 Å². The van der Waals surface area contributed by atoms with E-state index >= 15 is 0 Å². The molecule has 1 saturated carbocycles. The Morgan fingerprint density at radius 1 is 1.30 bits per heavy atom. The van der Waals surface area contributed by atoms with Crippen LogP contribution in [-0.4, -0.2) is 14.9 Å². The van der Waals surface area contributed by atoms with Crippen molar-refractivity contribution in [2.75, 3.05) is 0 Å². The third kappa shape index (κ3) is 2.64. The molecule has 2 aromatic rings. The fraction of sp³-hybridized carbons (Fsp3) is 0.438. The lowest BCUT2D eigenvalue weighted by Gasteiger charge is -2.10. The van der Waals surface area contributed by atoms with Crippen molar-refractivity contribution in [3.63, 3.8) is 0 Å². The number of ether oxygens (including phenoxy) is 1. The highest BCUT2D eigenvalue weighted by molar-refractivity contribution is 5.42. The Hall–Kier alpha value is -1.97. The molecule has 0 unspecified atom stereocenters. The van der Waals surface area contributed by atoms with Crippen LogP contribution in [0.1, 0.15) is 43.0 Å². The van der Waals surface area contributed by atoms with E-state index in [0.717, 1.165) is 11.3 Å². The minimum atomic E-state index is 0.263. The van der Waals surface area contributed by atoms with E-state index < -0.39 is 0 Å². The van der Waals surface area contributed by atoms with Gasteiger partial charge in [0.1, 0.15) is 18.1 Å². The first-order chi connectivity index (χ1) is 9.74. The predicted octanol–water partition coefficient (Wildman–Crippen LogP) is 3.59. The number of rotatable bonds is 4. The maximum Gasteiger partial charge on any atom is 0.132 e. The van der Waals surface area contributed by atoms with Gasteiger partial charge in [0.2, 0.25) is 0 Å². The van der Waals surface area contributed by atoms with E-state index in [0.29, 0.717) is 18.4 Å². The molecule has 1 aromatic heterocycles. The number of phenolic OH excluding ortho intramolecular Hbond substituents is 1. The van der Waals surface area contributed by atoms with E-state index in [1.165, 1.54) is 25.7 Å². The molecule has 4 heteroatoms. The second kappa shape index (κ2) is 5.57. The number of nitrogens with zero attached hydrogens (tertiary/aromatic N) is 2. The first kappa shape index (κ1) is 13.0.